The Morgan fingerprint density at radius 3 is 2.15 bits per heavy atom. The number of methoxy groups -OCH3 is 2. The Labute approximate surface area is 161 Å². The van der Waals surface area contributed by atoms with Crippen molar-refractivity contribution in [1.29, 1.82) is 0 Å². The van der Waals surface area contributed by atoms with Crippen LogP contribution in [0.1, 0.15) is 26.2 Å². The minimum Gasteiger partial charge on any atom is -0.468 e. The number of hydrogen-bond acceptors (Lipinski definition) is 5. The normalized spacial score (nSPS) is 23.1. The van der Waals surface area contributed by atoms with Gasteiger partial charge in [-0.3, -0.25) is 9.59 Å². The first-order chi connectivity index (χ1) is 12.6. The highest BCUT2D eigenvalue weighted by Gasteiger charge is 2.59. The van der Waals surface area contributed by atoms with E-state index in [1.165, 1.54) is 19.4 Å². The zero-order valence-corrected chi connectivity index (χ0v) is 17.7. The molecule has 1 saturated carbocycles. The fraction of sp³-hybridized carbons (Fsp3) is 0.476. The minimum atomic E-state index is -2.00. The summed E-state index contributed by atoms with van der Waals surface area (Å²) < 4.78 is 9.90. The Morgan fingerprint density at radius 2 is 1.67 bits per heavy atom. The average Bonchev–Trinajstić information content (AvgIpc) is 2.94. The second-order valence-corrected chi connectivity index (χ2v) is 12.4. The third-order valence-electron chi connectivity index (χ3n) is 5.70. The number of hydrogen-bond donors (Lipinski definition) is 0. The summed E-state index contributed by atoms with van der Waals surface area (Å²) in [6.07, 6.45) is 1.53. The molecule has 1 fully saturated rings. The lowest BCUT2D eigenvalue weighted by Crippen LogP contribution is -2.40. The maximum atomic E-state index is 12.6. The van der Waals surface area contributed by atoms with E-state index in [1.54, 1.807) is 0 Å². The van der Waals surface area contributed by atoms with Crippen molar-refractivity contribution in [3.05, 3.63) is 41.6 Å². The van der Waals surface area contributed by atoms with Gasteiger partial charge in [0, 0.05) is 6.42 Å². The van der Waals surface area contributed by atoms with Gasteiger partial charge in [-0.05, 0) is 18.3 Å². The number of benzene rings is 1. The Morgan fingerprint density at radius 1 is 1.11 bits per heavy atom. The summed E-state index contributed by atoms with van der Waals surface area (Å²) in [6, 6.07) is 10.2. The van der Waals surface area contributed by atoms with Gasteiger partial charge in [0.25, 0.3) is 0 Å². The highest BCUT2D eigenvalue weighted by atomic mass is 28.3. The summed E-state index contributed by atoms with van der Waals surface area (Å²) in [5, 5.41) is 1.25. The first kappa shape index (κ1) is 21.1. The molecule has 1 aromatic carbocycles. The molecular weight excluding hydrogens is 360 g/mol. The molecule has 0 spiro atoms. The molecule has 0 N–H and O–H groups in total. The van der Waals surface area contributed by atoms with Crippen LogP contribution in [0.2, 0.25) is 13.1 Å². The lowest BCUT2D eigenvalue weighted by molar-refractivity contribution is -0.169. The summed E-state index contributed by atoms with van der Waals surface area (Å²) in [4.78, 5) is 36.6. The van der Waals surface area contributed by atoms with Crippen LogP contribution in [0.25, 0.3) is 0 Å². The van der Waals surface area contributed by atoms with E-state index in [2.05, 4.69) is 30.9 Å². The van der Waals surface area contributed by atoms with Crippen LogP contribution in [0.5, 0.6) is 0 Å². The molecule has 1 atom stereocenters. The van der Waals surface area contributed by atoms with Gasteiger partial charge >= 0.3 is 11.9 Å². The van der Waals surface area contributed by atoms with Crippen LogP contribution in [0.15, 0.2) is 41.6 Å². The zero-order chi connectivity index (χ0) is 20.3. The average molecular weight is 389 g/mol. The molecular formula is C21H28O5Si. The molecule has 1 aromatic rings. The van der Waals surface area contributed by atoms with Crippen LogP contribution < -0.4 is 5.19 Å². The van der Waals surface area contributed by atoms with Crippen molar-refractivity contribution >= 4 is 31.5 Å². The van der Waals surface area contributed by atoms with Crippen molar-refractivity contribution in [1.82, 2.24) is 0 Å². The molecule has 5 nitrogen and oxygen atoms in total. The van der Waals surface area contributed by atoms with Gasteiger partial charge in [-0.15, -0.1) is 0 Å². The molecule has 0 radical (unpaired) electrons. The van der Waals surface area contributed by atoms with Crippen LogP contribution in [-0.2, 0) is 23.9 Å². The third-order valence-corrected chi connectivity index (χ3v) is 8.59. The van der Waals surface area contributed by atoms with Crippen LogP contribution in [-0.4, -0.2) is 40.5 Å². The van der Waals surface area contributed by atoms with Crippen LogP contribution in [0.3, 0.4) is 0 Å². The van der Waals surface area contributed by atoms with Gasteiger partial charge in [0.05, 0.1) is 14.2 Å². The number of esters is 2. The van der Waals surface area contributed by atoms with E-state index < -0.39 is 30.8 Å². The second-order valence-electron chi connectivity index (χ2n) is 8.11. The molecule has 6 heteroatoms. The van der Waals surface area contributed by atoms with E-state index in [4.69, 9.17) is 9.47 Å². The number of ether oxygens (including phenoxy) is 2. The van der Waals surface area contributed by atoms with Gasteiger partial charge in [-0.2, -0.15) is 0 Å². The maximum Gasteiger partial charge on any atom is 0.323 e. The Bertz CT molecular complexity index is 737. The standard InChI is InChI=1S/C21H28O5Si/c1-20(11-12-22)15-21(18(23)25-2,19(24)26-3)13-16(20)14-27(4,5)17-9-7-6-8-10-17/h6-10,12,14H,11,13,15H2,1-5H3/b16-14+. The van der Waals surface area contributed by atoms with E-state index in [1.807, 2.05) is 25.1 Å². The molecule has 2 rings (SSSR count). The topological polar surface area (TPSA) is 69.7 Å². The van der Waals surface area contributed by atoms with Gasteiger partial charge in [0.1, 0.15) is 14.4 Å². The third kappa shape index (κ3) is 3.90. The Kier molecular flexibility index (Phi) is 6.09. The molecule has 1 aliphatic carbocycles. The van der Waals surface area contributed by atoms with E-state index >= 15 is 0 Å². The van der Waals surface area contributed by atoms with Crippen molar-refractivity contribution in [3.8, 4) is 0 Å². The number of allylic oxidation sites excluding steroid dienone is 1. The van der Waals surface area contributed by atoms with Crippen molar-refractivity contribution < 1.29 is 23.9 Å². The lowest BCUT2D eigenvalue weighted by atomic mass is 9.78. The maximum absolute atomic E-state index is 12.6. The zero-order valence-electron chi connectivity index (χ0n) is 16.7. The molecule has 0 aromatic heterocycles. The molecule has 1 aliphatic rings. The SMILES string of the molecule is COC(=O)C1(C(=O)OC)C/C(=C\[Si](C)(C)c2ccccc2)C(C)(CC=O)C1. The first-order valence-corrected chi connectivity index (χ1v) is 12.1. The van der Waals surface area contributed by atoms with E-state index in [0.717, 1.165) is 11.9 Å². The molecule has 0 saturated heterocycles. The predicted molar refractivity (Wildman–Crippen MR) is 106 cm³/mol. The summed E-state index contributed by atoms with van der Waals surface area (Å²) in [7, 11) is 0.548. The number of carbonyl (C=O) groups excluding carboxylic acids is 3. The van der Waals surface area contributed by atoms with E-state index in [9.17, 15) is 14.4 Å². The highest BCUT2D eigenvalue weighted by Crippen LogP contribution is 2.56. The lowest BCUT2D eigenvalue weighted by Gasteiger charge is -2.28. The fourth-order valence-corrected chi connectivity index (χ4v) is 6.68. The summed E-state index contributed by atoms with van der Waals surface area (Å²) >= 11 is 0. The van der Waals surface area contributed by atoms with Crippen molar-refractivity contribution in [2.45, 2.75) is 39.3 Å². The molecule has 0 bridgehead atoms. The van der Waals surface area contributed by atoms with E-state index in [-0.39, 0.29) is 19.3 Å². The molecule has 0 heterocycles. The van der Waals surface area contributed by atoms with Crippen LogP contribution in [0, 0.1) is 10.8 Å². The monoisotopic (exact) mass is 388 g/mol. The summed E-state index contributed by atoms with van der Waals surface area (Å²) in [6.45, 7) is 6.37. The molecule has 0 amide bonds. The Balaban J connectivity index is 2.57. The Hall–Kier alpha value is -2.21. The predicted octanol–water partition coefficient (Wildman–Crippen LogP) is 2.79. The van der Waals surface area contributed by atoms with E-state index in [0.29, 0.717) is 0 Å². The van der Waals surface area contributed by atoms with Crippen LogP contribution in [0.4, 0.5) is 0 Å². The van der Waals surface area contributed by atoms with Gasteiger partial charge in [0.2, 0.25) is 0 Å². The minimum absolute atomic E-state index is 0.211. The first-order valence-electron chi connectivity index (χ1n) is 9.03. The van der Waals surface area contributed by atoms with Gasteiger partial charge < -0.3 is 14.3 Å². The number of aldehydes is 1. The molecule has 27 heavy (non-hydrogen) atoms. The highest BCUT2D eigenvalue weighted by molar-refractivity contribution is 6.94. The molecule has 0 aliphatic heterocycles. The molecule has 1 unspecified atom stereocenters. The fourth-order valence-electron chi connectivity index (χ4n) is 4.14. The van der Waals surface area contributed by atoms with Gasteiger partial charge in [-0.1, -0.05) is 66.8 Å². The molecule has 146 valence electrons. The second kappa shape index (κ2) is 7.80. The van der Waals surface area contributed by atoms with Gasteiger partial charge in [0.15, 0.2) is 5.41 Å². The summed E-state index contributed by atoms with van der Waals surface area (Å²) in [5.41, 5.74) is 1.21. The van der Waals surface area contributed by atoms with Crippen molar-refractivity contribution in [3.63, 3.8) is 0 Å². The van der Waals surface area contributed by atoms with Crippen molar-refractivity contribution in [2.24, 2.45) is 10.8 Å². The van der Waals surface area contributed by atoms with Crippen molar-refractivity contribution in [2.75, 3.05) is 14.2 Å². The van der Waals surface area contributed by atoms with Gasteiger partial charge in [-0.25, -0.2) is 0 Å². The number of rotatable bonds is 6. The smallest absolute Gasteiger partial charge is 0.323 e. The quantitative estimate of drug-likeness (QED) is 0.324. The van der Waals surface area contributed by atoms with Crippen LogP contribution >= 0.6 is 0 Å². The largest absolute Gasteiger partial charge is 0.468 e. The number of carbonyl (C=O) groups is 3. The summed E-state index contributed by atoms with van der Waals surface area (Å²) in [5.74, 6) is -1.21.